The first-order chi connectivity index (χ1) is 12.4. The maximum absolute atomic E-state index is 14.3. The number of halogens is 3. The standard InChI is InChI=1S/C17H17ClF2N6/c18-10-8-23-26-15(10)24-14(13-11(19)2-1-3-12(13)20)25-16(26)17(22)6-4-9(21)5-7-17/h1-3,8-9H,4-7,21-22H2. The lowest BCUT2D eigenvalue weighted by Gasteiger charge is -2.35. The first-order valence-corrected chi connectivity index (χ1v) is 8.67. The van der Waals surface area contributed by atoms with Crippen LogP contribution in [0.15, 0.2) is 24.4 Å². The van der Waals surface area contributed by atoms with Crippen molar-refractivity contribution in [2.24, 2.45) is 11.5 Å². The molecule has 3 aromatic rings. The number of benzene rings is 1. The van der Waals surface area contributed by atoms with E-state index in [4.69, 9.17) is 23.1 Å². The zero-order valence-electron chi connectivity index (χ0n) is 13.8. The monoisotopic (exact) mass is 378 g/mol. The molecule has 1 saturated carbocycles. The van der Waals surface area contributed by atoms with E-state index in [9.17, 15) is 8.78 Å². The van der Waals surface area contributed by atoms with Crippen molar-refractivity contribution in [3.05, 3.63) is 46.9 Å². The summed E-state index contributed by atoms with van der Waals surface area (Å²) in [6.45, 7) is 0. The number of fused-ring (bicyclic) bond motifs is 1. The predicted octanol–water partition coefficient (Wildman–Crippen LogP) is 2.78. The lowest BCUT2D eigenvalue weighted by atomic mass is 9.80. The first kappa shape index (κ1) is 17.3. The van der Waals surface area contributed by atoms with Gasteiger partial charge in [0, 0.05) is 6.04 Å². The minimum atomic E-state index is -0.830. The van der Waals surface area contributed by atoms with Gasteiger partial charge < -0.3 is 11.5 Å². The number of hydrogen-bond donors (Lipinski definition) is 2. The maximum Gasteiger partial charge on any atom is 0.178 e. The molecule has 9 heteroatoms. The van der Waals surface area contributed by atoms with Crippen LogP contribution in [0.1, 0.15) is 31.5 Å². The molecule has 26 heavy (non-hydrogen) atoms. The molecule has 1 aliphatic carbocycles. The van der Waals surface area contributed by atoms with E-state index in [-0.39, 0.29) is 28.1 Å². The third-order valence-electron chi connectivity index (χ3n) is 4.88. The van der Waals surface area contributed by atoms with Crippen LogP contribution in [0, 0.1) is 11.6 Å². The topological polar surface area (TPSA) is 95.1 Å². The van der Waals surface area contributed by atoms with E-state index in [0.29, 0.717) is 18.7 Å². The molecule has 2 heterocycles. The average Bonchev–Trinajstić information content (AvgIpc) is 2.98. The van der Waals surface area contributed by atoms with Crippen molar-refractivity contribution in [2.75, 3.05) is 0 Å². The minimum absolute atomic E-state index is 0.0775. The molecule has 0 saturated heterocycles. The Balaban J connectivity index is 1.96. The summed E-state index contributed by atoms with van der Waals surface area (Å²) in [4.78, 5) is 8.64. The highest BCUT2D eigenvalue weighted by atomic mass is 35.5. The van der Waals surface area contributed by atoms with Gasteiger partial charge in [-0.1, -0.05) is 17.7 Å². The van der Waals surface area contributed by atoms with Crippen LogP contribution in [-0.4, -0.2) is 25.6 Å². The number of nitrogens with two attached hydrogens (primary N) is 2. The van der Waals surface area contributed by atoms with Crippen LogP contribution in [0.2, 0.25) is 5.02 Å². The second-order valence-corrected chi connectivity index (χ2v) is 7.10. The second kappa shape index (κ2) is 6.22. The van der Waals surface area contributed by atoms with Gasteiger partial charge in [0.2, 0.25) is 0 Å². The molecule has 6 nitrogen and oxygen atoms in total. The van der Waals surface area contributed by atoms with Crippen LogP contribution in [0.5, 0.6) is 0 Å². The van der Waals surface area contributed by atoms with Gasteiger partial charge in [-0.3, -0.25) is 0 Å². The zero-order chi connectivity index (χ0) is 18.5. The molecule has 1 aliphatic rings. The molecule has 4 rings (SSSR count). The van der Waals surface area contributed by atoms with Crippen LogP contribution < -0.4 is 11.5 Å². The molecule has 0 radical (unpaired) electrons. The van der Waals surface area contributed by atoms with E-state index in [0.717, 1.165) is 25.0 Å². The van der Waals surface area contributed by atoms with E-state index >= 15 is 0 Å². The molecule has 0 unspecified atom stereocenters. The normalized spacial score (nSPS) is 23.5. The van der Waals surface area contributed by atoms with Crippen LogP contribution in [0.4, 0.5) is 8.78 Å². The van der Waals surface area contributed by atoms with Gasteiger partial charge in [-0.2, -0.15) is 9.61 Å². The van der Waals surface area contributed by atoms with E-state index in [1.54, 1.807) is 0 Å². The van der Waals surface area contributed by atoms with Gasteiger partial charge >= 0.3 is 0 Å². The van der Waals surface area contributed by atoms with Gasteiger partial charge in [-0.15, -0.1) is 0 Å². The van der Waals surface area contributed by atoms with Crippen molar-refractivity contribution in [1.29, 1.82) is 0 Å². The highest BCUT2D eigenvalue weighted by molar-refractivity contribution is 6.33. The van der Waals surface area contributed by atoms with Crippen LogP contribution >= 0.6 is 11.6 Å². The molecule has 0 spiro atoms. The third-order valence-corrected chi connectivity index (χ3v) is 5.15. The summed E-state index contributed by atoms with van der Waals surface area (Å²) >= 11 is 6.17. The van der Waals surface area contributed by atoms with Crippen molar-refractivity contribution in [2.45, 2.75) is 37.3 Å². The summed E-state index contributed by atoms with van der Waals surface area (Å²) in [5.41, 5.74) is 11.7. The number of nitrogens with zero attached hydrogens (tertiary/aromatic N) is 4. The van der Waals surface area contributed by atoms with E-state index in [2.05, 4.69) is 15.1 Å². The molecule has 0 aliphatic heterocycles. The van der Waals surface area contributed by atoms with Gasteiger partial charge in [-0.25, -0.2) is 18.7 Å². The van der Waals surface area contributed by atoms with Crippen molar-refractivity contribution in [3.63, 3.8) is 0 Å². The summed E-state index contributed by atoms with van der Waals surface area (Å²) in [6.07, 6.45) is 4.02. The van der Waals surface area contributed by atoms with E-state index in [1.165, 1.54) is 16.8 Å². The molecule has 1 fully saturated rings. The first-order valence-electron chi connectivity index (χ1n) is 8.30. The lowest BCUT2D eigenvalue weighted by molar-refractivity contribution is 0.260. The van der Waals surface area contributed by atoms with Crippen LogP contribution in [0.25, 0.3) is 17.0 Å². The molecule has 2 aromatic heterocycles. The fourth-order valence-corrected chi connectivity index (χ4v) is 3.54. The molecular formula is C17H17ClF2N6. The molecular weight excluding hydrogens is 362 g/mol. The summed E-state index contributed by atoms with van der Waals surface area (Å²) in [5.74, 6) is -1.25. The lowest BCUT2D eigenvalue weighted by Crippen LogP contribution is -2.45. The fourth-order valence-electron chi connectivity index (χ4n) is 3.38. The van der Waals surface area contributed by atoms with Gasteiger partial charge in [-0.05, 0) is 37.8 Å². The summed E-state index contributed by atoms with van der Waals surface area (Å²) in [5, 5.41) is 4.45. The molecule has 136 valence electrons. The average molecular weight is 379 g/mol. The summed E-state index contributed by atoms with van der Waals surface area (Å²) in [6, 6.07) is 3.67. The smallest absolute Gasteiger partial charge is 0.178 e. The molecule has 1 aromatic carbocycles. The minimum Gasteiger partial charge on any atom is -0.328 e. The molecule has 4 N–H and O–H groups in total. The summed E-state index contributed by atoms with van der Waals surface area (Å²) in [7, 11) is 0. The highest BCUT2D eigenvalue weighted by Gasteiger charge is 2.37. The second-order valence-electron chi connectivity index (χ2n) is 6.69. The van der Waals surface area contributed by atoms with E-state index in [1.807, 2.05) is 0 Å². The van der Waals surface area contributed by atoms with Gasteiger partial charge in [0.25, 0.3) is 0 Å². The summed E-state index contributed by atoms with van der Waals surface area (Å²) < 4.78 is 30.0. The van der Waals surface area contributed by atoms with Crippen molar-refractivity contribution >= 4 is 17.2 Å². The van der Waals surface area contributed by atoms with Crippen LogP contribution in [-0.2, 0) is 5.54 Å². The Morgan fingerprint density at radius 3 is 2.46 bits per heavy atom. The zero-order valence-corrected chi connectivity index (χ0v) is 14.5. The largest absolute Gasteiger partial charge is 0.328 e. The predicted molar refractivity (Wildman–Crippen MR) is 93.5 cm³/mol. The number of aromatic nitrogens is 4. The van der Waals surface area contributed by atoms with E-state index < -0.39 is 17.2 Å². The molecule has 0 bridgehead atoms. The third kappa shape index (κ3) is 2.74. The Hall–Kier alpha value is -2.16. The Labute approximate surface area is 153 Å². The Kier molecular flexibility index (Phi) is 4.13. The van der Waals surface area contributed by atoms with Crippen LogP contribution in [0.3, 0.4) is 0 Å². The van der Waals surface area contributed by atoms with Gasteiger partial charge in [0.15, 0.2) is 17.3 Å². The van der Waals surface area contributed by atoms with Crippen molar-refractivity contribution in [1.82, 2.24) is 19.6 Å². The fraction of sp³-hybridized carbons (Fsp3) is 0.353. The van der Waals surface area contributed by atoms with Crippen molar-refractivity contribution < 1.29 is 8.78 Å². The number of rotatable bonds is 2. The van der Waals surface area contributed by atoms with Gasteiger partial charge in [0.05, 0.1) is 17.3 Å². The molecule has 0 atom stereocenters. The Morgan fingerprint density at radius 2 is 1.81 bits per heavy atom. The Morgan fingerprint density at radius 1 is 1.15 bits per heavy atom. The quantitative estimate of drug-likeness (QED) is 0.715. The Bertz CT molecular complexity index is 961. The SMILES string of the molecule is NC1CCC(N)(c2nc(-c3c(F)cccc3F)nc3c(Cl)cnn23)CC1. The van der Waals surface area contributed by atoms with Gasteiger partial charge in [0.1, 0.15) is 16.7 Å². The number of hydrogen-bond acceptors (Lipinski definition) is 5. The highest BCUT2D eigenvalue weighted by Crippen LogP contribution is 2.35. The maximum atomic E-state index is 14.3. The van der Waals surface area contributed by atoms with Crippen molar-refractivity contribution in [3.8, 4) is 11.4 Å². The molecule has 0 amide bonds.